The molecule has 136 valence electrons. The average Bonchev–Trinajstić information content (AvgIpc) is 3.19. The van der Waals surface area contributed by atoms with E-state index in [9.17, 15) is 5.11 Å². The number of hydrogen-bond donors (Lipinski definition) is 1. The first kappa shape index (κ1) is 17.0. The first-order valence-corrected chi connectivity index (χ1v) is 11.0. The molecule has 5 heteroatoms. The van der Waals surface area contributed by atoms with Crippen LogP contribution in [-0.4, -0.2) is 24.1 Å². The number of benzene rings is 1. The van der Waals surface area contributed by atoms with Crippen molar-refractivity contribution >= 4 is 31.9 Å². The molecular formula is C20H24Br2O3. The zero-order valence-electron chi connectivity index (χ0n) is 14.5. The summed E-state index contributed by atoms with van der Waals surface area (Å²) in [6, 6.07) is 2.17. The molecule has 1 aliphatic heterocycles. The van der Waals surface area contributed by atoms with E-state index in [0.717, 1.165) is 41.4 Å². The molecule has 25 heavy (non-hydrogen) atoms. The zero-order chi connectivity index (χ0) is 17.4. The molecule has 3 fully saturated rings. The fourth-order valence-corrected chi connectivity index (χ4v) is 7.88. The number of aromatic hydroxyl groups is 1. The fourth-order valence-electron chi connectivity index (χ4n) is 6.52. The lowest BCUT2D eigenvalue weighted by Gasteiger charge is -2.52. The van der Waals surface area contributed by atoms with Crippen molar-refractivity contribution in [2.24, 2.45) is 17.3 Å². The molecule has 0 radical (unpaired) electrons. The molecule has 1 saturated heterocycles. The molecular weight excluding hydrogens is 448 g/mol. The van der Waals surface area contributed by atoms with Crippen LogP contribution in [0.3, 0.4) is 0 Å². The predicted molar refractivity (Wildman–Crippen MR) is 103 cm³/mol. The van der Waals surface area contributed by atoms with Gasteiger partial charge in [-0.25, -0.2) is 0 Å². The second kappa shape index (κ2) is 5.70. The third-order valence-electron chi connectivity index (χ3n) is 7.69. The van der Waals surface area contributed by atoms with Crippen molar-refractivity contribution in [3.05, 3.63) is 26.1 Å². The van der Waals surface area contributed by atoms with Crippen LogP contribution < -0.4 is 0 Å². The quantitative estimate of drug-likeness (QED) is 0.541. The summed E-state index contributed by atoms with van der Waals surface area (Å²) >= 11 is 7.17. The highest BCUT2D eigenvalue weighted by Crippen LogP contribution is 2.66. The van der Waals surface area contributed by atoms with Gasteiger partial charge in [0.2, 0.25) is 0 Å². The summed E-state index contributed by atoms with van der Waals surface area (Å²) in [5.74, 6) is 1.97. The van der Waals surface area contributed by atoms with E-state index < -0.39 is 0 Å². The Hall–Kier alpha value is -0.100. The van der Waals surface area contributed by atoms with E-state index in [0.29, 0.717) is 23.5 Å². The Morgan fingerprint density at radius 1 is 1.12 bits per heavy atom. The first-order valence-electron chi connectivity index (χ1n) is 9.44. The minimum absolute atomic E-state index is 0.146. The van der Waals surface area contributed by atoms with Gasteiger partial charge in [-0.2, -0.15) is 0 Å². The molecule has 4 atom stereocenters. The lowest BCUT2D eigenvalue weighted by molar-refractivity contribution is -0.237. The molecule has 1 aromatic rings. The highest BCUT2D eigenvalue weighted by Gasteiger charge is 2.65. The SMILES string of the molecule is C[C@]12CC[C@H]3c4cc(Br)c(O)c(Br)c4CC[C@H]3[C@@H]1CCC21OCCO1. The van der Waals surface area contributed by atoms with E-state index in [4.69, 9.17) is 9.47 Å². The second-order valence-electron chi connectivity index (χ2n) is 8.45. The van der Waals surface area contributed by atoms with Crippen LogP contribution in [-0.2, 0) is 15.9 Å². The van der Waals surface area contributed by atoms with Crippen molar-refractivity contribution in [2.45, 2.75) is 57.2 Å². The number of phenolic OH excluding ortho intramolecular Hbond substituents is 1. The van der Waals surface area contributed by atoms with E-state index >= 15 is 0 Å². The fraction of sp³-hybridized carbons (Fsp3) is 0.700. The lowest BCUT2D eigenvalue weighted by Crippen LogP contribution is -2.51. The highest BCUT2D eigenvalue weighted by atomic mass is 79.9. The standard InChI is InChI=1S/C20H24Br2O3/c1-19-6-4-11-12(15(19)5-7-20(19)24-8-9-25-20)2-3-13-14(11)10-16(21)18(23)17(13)22/h10-12,15,23H,2-9H2,1H3/t11-,12-,15+,19+/m1/s1. The van der Waals surface area contributed by atoms with Crippen LogP contribution >= 0.6 is 31.9 Å². The predicted octanol–water partition coefficient (Wildman–Crippen LogP) is 5.52. The normalized spacial score (nSPS) is 38.4. The van der Waals surface area contributed by atoms with Gasteiger partial charge in [0.25, 0.3) is 0 Å². The van der Waals surface area contributed by atoms with Gasteiger partial charge in [0.1, 0.15) is 5.75 Å². The smallest absolute Gasteiger partial charge is 0.174 e. The van der Waals surface area contributed by atoms with Crippen molar-refractivity contribution in [1.82, 2.24) is 0 Å². The second-order valence-corrected chi connectivity index (χ2v) is 10.1. The van der Waals surface area contributed by atoms with E-state index in [1.54, 1.807) is 0 Å². The van der Waals surface area contributed by atoms with Crippen molar-refractivity contribution < 1.29 is 14.6 Å². The molecule has 0 bridgehead atoms. The van der Waals surface area contributed by atoms with Crippen LogP contribution in [0.4, 0.5) is 0 Å². The summed E-state index contributed by atoms with van der Waals surface area (Å²) in [4.78, 5) is 0. The number of rotatable bonds is 0. The molecule has 0 amide bonds. The van der Waals surface area contributed by atoms with Gasteiger partial charge in [-0.3, -0.25) is 0 Å². The van der Waals surface area contributed by atoms with Gasteiger partial charge in [0.15, 0.2) is 5.79 Å². The van der Waals surface area contributed by atoms with Gasteiger partial charge in [-0.15, -0.1) is 0 Å². The molecule has 3 nitrogen and oxygen atoms in total. The Balaban J connectivity index is 1.54. The van der Waals surface area contributed by atoms with E-state index in [-0.39, 0.29) is 11.2 Å². The summed E-state index contributed by atoms with van der Waals surface area (Å²) in [5, 5.41) is 10.3. The number of hydrogen-bond acceptors (Lipinski definition) is 3. The minimum Gasteiger partial charge on any atom is -0.506 e. The molecule has 1 heterocycles. The Morgan fingerprint density at radius 3 is 2.64 bits per heavy atom. The maximum Gasteiger partial charge on any atom is 0.174 e. The Bertz CT molecular complexity index is 728. The summed E-state index contributed by atoms with van der Waals surface area (Å²) in [6.45, 7) is 3.92. The van der Waals surface area contributed by atoms with Crippen molar-refractivity contribution in [2.75, 3.05) is 13.2 Å². The van der Waals surface area contributed by atoms with Crippen molar-refractivity contribution in [3.8, 4) is 5.75 Å². The summed E-state index contributed by atoms with van der Waals surface area (Å²) in [5.41, 5.74) is 2.89. The summed E-state index contributed by atoms with van der Waals surface area (Å²) in [7, 11) is 0. The number of ether oxygens (including phenoxy) is 2. The third-order valence-corrected chi connectivity index (χ3v) is 9.15. The van der Waals surface area contributed by atoms with Gasteiger partial charge in [-0.05, 0) is 98.9 Å². The van der Waals surface area contributed by atoms with Crippen LogP contribution in [0, 0.1) is 17.3 Å². The van der Waals surface area contributed by atoms with E-state index in [1.165, 1.54) is 30.4 Å². The highest BCUT2D eigenvalue weighted by molar-refractivity contribution is 9.11. The molecule has 1 spiro atoms. The van der Waals surface area contributed by atoms with Gasteiger partial charge in [0, 0.05) is 11.8 Å². The molecule has 2 saturated carbocycles. The largest absolute Gasteiger partial charge is 0.506 e. The molecule has 0 aromatic heterocycles. The van der Waals surface area contributed by atoms with Crippen molar-refractivity contribution in [3.63, 3.8) is 0 Å². The Kier molecular flexibility index (Phi) is 3.88. The van der Waals surface area contributed by atoms with Crippen molar-refractivity contribution in [1.29, 1.82) is 0 Å². The van der Waals surface area contributed by atoms with Gasteiger partial charge in [0.05, 0.1) is 22.2 Å². The molecule has 1 aromatic carbocycles. The van der Waals surface area contributed by atoms with Crippen LogP contribution in [0.15, 0.2) is 15.0 Å². The van der Waals surface area contributed by atoms with Crippen LogP contribution in [0.25, 0.3) is 0 Å². The Labute approximate surface area is 165 Å². The number of fused-ring (bicyclic) bond motifs is 6. The van der Waals surface area contributed by atoms with Crippen LogP contribution in [0.5, 0.6) is 5.75 Å². The number of phenols is 1. The molecule has 4 aliphatic rings. The summed E-state index contributed by atoms with van der Waals surface area (Å²) in [6.07, 6.45) is 6.85. The summed E-state index contributed by atoms with van der Waals surface area (Å²) < 4.78 is 14.1. The third kappa shape index (κ3) is 2.16. The zero-order valence-corrected chi connectivity index (χ0v) is 17.7. The van der Waals surface area contributed by atoms with Crippen LogP contribution in [0.2, 0.25) is 0 Å². The topological polar surface area (TPSA) is 38.7 Å². The first-order chi connectivity index (χ1) is 12.0. The van der Waals surface area contributed by atoms with Gasteiger partial charge >= 0.3 is 0 Å². The van der Waals surface area contributed by atoms with Crippen LogP contribution in [0.1, 0.15) is 56.1 Å². The molecule has 0 unspecified atom stereocenters. The molecule has 1 N–H and O–H groups in total. The van der Waals surface area contributed by atoms with Gasteiger partial charge in [-0.1, -0.05) is 6.92 Å². The van der Waals surface area contributed by atoms with Gasteiger partial charge < -0.3 is 14.6 Å². The maximum atomic E-state index is 10.3. The molecule has 3 aliphatic carbocycles. The monoisotopic (exact) mass is 470 g/mol. The molecule has 5 rings (SSSR count). The Morgan fingerprint density at radius 2 is 1.88 bits per heavy atom. The lowest BCUT2D eigenvalue weighted by atomic mass is 9.55. The minimum atomic E-state index is -0.320. The maximum absolute atomic E-state index is 10.3. The average molecular weight is 472 g/mol. The van der Waals surface area contributed by atoms with E-state index in [1.807, 2.05) is 0 Å². The number of halogens is 2. The van der Waals surface area contributed by atoms with E-state index in [2.05, 4.69) is 44.8 Å².